The second-order valence-electron chi connectivity index (χ2n) is 3.26. The maximum Gasteiger partial charge on any atom is 0.271 e. The molecule has 1 aromatic carbocycles. The van der Waals surface area contributed by atoms with Crippen LogP contribution in [0.1, 0.15) is 5.56 Å². The minimum absolute atomic E-state index is 0.263. The third kappa shape index (κ3) is 1.93. The van der Waals surface area contributed by atoms with Crippen molar-refractivity contribution in [1.82, 2.24) is 9.78 Å². The third-order valence-electron chi connectivity index (χ3n) is 1.99. The number of benzene rings is 1. The fraction of sp³-hybridized carbons (Fsp3) is 0.0909. The summed E-state index contributed by atoms with van der Waals surface area (Å²) >= 11 is 0. The van der Waals surface area contributed by atoms with Crippen LogP contribution >= 0.6 is 0 Å². The number of nitrogens with zero attached hydrogens (tertiary/aromatic N) is 2. The Labute approximate surface area is 85.8 Å². The molecule has 2 rings (SSSR count). The Balaban J connectivity index is 2.59. The van der Waals surface area contributed by atoms with Gasteiger partial charge in [0.2, 0.25) is 0 Å². The quantitative estimate of drug-likeness (QED) is 0.708. The zero-order valence-corrected chi connectivity index (χ0v) is 8.14. The van der Waals surface area contributed by atoms with E-state index in [0.717, 1.165) is 10.2 Å². The first-order chi connectivity index (χ1) is 7.16. The molecule has 1 heterocycles. The van der Waals surface area contributed by atoms with Gasteiger partial charge in [-0.05, 0) is 30.7 Å². The van der Waals surface area contributed by atoms with Crippen LogP contribution in [-0.2, 0) is 0 Å². The molecule has 1 aromatic heterocycles. The lowest BCUT2D eigenvalue weighted by Crippen LogP contribution is -2.20. The molecule has 0 spiro atoms. The molecule has 0 aliphatic carbocycles. The van der Waals surface area contributed by atoms with Crippen LogP contribution in [0.2, 0.25) is 0 Å². The summed E-state index contributed by atoms with van der Waals surface area (Å²) in [6, 6.07) is 7.22. The SMILES string of the molecule is Cc1cnn(-c2cccc(F)c2)c(=O)c1. The molecule has 76 valence electrons. The largest absolute Gasteiger partial charge is 0.271 e. The minimum Gasteiger partial charge on any atom is -0.267 e. The molecule has 0 N–H and O–H groups in total. The Hall–Kier alpha value is -1.97. The molecule has 0 aliphatic heterocycles. The van der Waals surface area contributed by atoms with E-state index in [9.17, 15) is 9.18 Å². The van der Waals surface area contributed by atoms with Crippen molar-refractivity contribution in [3.05, 3.63) is 58.3 Å². The summed E-state index contributed by atoms with van der Waals surface area (Å²) in [5, 5.41) is 3.93. The molecule has 0 amide bonds. The average molecular weight is 204 g/mol. The fourth-order valence-corrected chi connectivity index (χ4v) is 1.30. The van der Waals surface area contributed by atoms with Crippen molar-refractivity contribution >= 4 is 0 Å². The number of halogens is 1. The summed E-state index contributed by atoms with van der Waals surface area (Å²) in [5.74, 6) is -0.387. The Morgan fingerprint density at radius 2 is 2.13 bits per heavy atom. The van der Waals surface area contributed by atoms with Gasteiger partial charge >= 0.3 is 0 Å². The highest BCUT2D eigenvalue weighted by Gasteiger charge is 2.01. The predicted octanol–water partition coefficient (Wildman–Crippen LogP) is 1.68. The number of hydrogen-bond donors (Lipinski definition) is 0. The van der Waals surface area contributed by atoms with E-state index in [0.29, 0.717) is 5.69 Å². The predicted molar refractivity (Wildman–Crippen MR) is 54.5 cm³/mol. The van der Waals surface area contributed by atoms with Crippen LogP contribution in [-0.4, -0.2) is 9.78 Å². The van der Waals surface area contributed by atoms with Crippen molar-refractivity contribution < 1.29 is 4.39 Å². The monoisotopic (exact) mass is 204 g/mol. The number of aryl methyl sites for hydroxylation is 1. The smallest absolute Gasteiger partial charge is 0.267 e. The second kappa shape index (κ2) is 3.65. The van der Waals surface area contributed by atoms with Crippen LogP contribution in [0.15, 0.2) is 41.3 Å². The summed E-state index contributed by atoms with van der Waals surface area (Å²) in [4.78, 5) is 11.5. The summed E-state index contributed by atoms with van der Waals surface area (Å²) < 4.78 is 14.1. The zero-order chi connectivity index (χ0) is 10.8. The van der Waals surface area contributed by atoms with E-state index in [1.165, 1.54) is 18.2 Å². The zero-order valence-electron chi connectivity index (χ0n) is 8.14. The van der Waals surface area contributed by atoms with E-state index in [1.54, 1.807) is 25.3 Å². The van der Waals surface area contributed by atoms with Gasteiger partial charge in [0, 0.05) is 6.07 Å². The topological polar surface area (TPSA) is 34.9 Å². The maximum atomic E-state index is 12.9. The summed E-state index contributed by atoms with van der Waals surface area (Å²) in [6.45, 7) is 1.78. The standard InChI is InChI=1S/C11H9FN2O/c1-8-5-11(15)14(13-7-8)10-4-2-3-9(12)6-10/h2-7H,1H3. The van der Waals surface area contributed by atoms with Crippen LogP contribution in [0.4, 0.5) is 4.39 Å². The molecule has 0 aliphatic rings. The summed E-state index contributed by atoms with van der Waals surface area (Å²) in [5.41, 5.74) is 0.952. The molecule has 0 atom stereocenters. The van der Waals surface area contributed by atoms with E-state index >= 15 is 0 Å². The lowest BCUT2D eigenvalue weighted by atomic mass is 10.3. The highest BCUT2D eigenvalue weighted by molar-refractivity contribution is 5.30. The van der Waals surface area contributed by atoms with Gasteiger partial charge in [-0.1, -0.05) is 6.07 Å². The van der Waals surface area contributed by atoms with Gasteiger partial charge in [-0.3, -0.25) is 4.79 Å². The Kier molecular flexibility index (Phi) is 2.33. The van der Waals surface area contributed by atoms with Gasteiger partial charge in [0.25, 0.3) is 5.56 Å². The molecule has 0 radical (unpaired) electrons. The minimum atomic E-state index is -0.387. The summed E-state index contributed by atoms with van der Waals surface area (Å²) in [6.07, 6.45) is 1.56. The molecule has 0 unspecified atom stereocenters. The van der Waals surface area contributed by atoms with E-state index < -0.39 is 0 Å². The number of rotatable bonds is 1. The molecule has 0 bridgehead atoms. The molecular formula is C11H9FN2O. The van der Waals surface area contributed by atoms with Gasteiger partial charge in [0.1, 0.15) is 5.82 Å². The molecule has 0 fully saturated rings. The molecule has 0 saturated carbocycles. The van der Waals surface area contributed by atoms with Crippen LogP contribution in [0, 0.1) is 12.7 Å². The lowest BCUT2D eigenvalue weighted by Gasteiger charge is -2.03. The van der Waals surface area contributed by atoms with E-state index in [1.807, 2.05) is 0 Å². The lowest BCUT2D eigenvalue weighted by molar-refractivity contribution is 0.624. The first kappa shape index (κ1) is 9.58. The van der Waals surface area contributed by atoms with Gasteiger partial charge in [-0.15, -0.1) is 0 Å². The fourth-order valence-electron chi connectivity index (χ4n) is 1.30. The Bertz CT molecular complexity index is 548. The van der Waals surface area contributed by atoms with Gasteiger partial charge in [-0.2, -0.15) is 9.78 Å². The van der Waals surface area contributed by atoms with Gasteiger partial charge in [0.05, 0.1) is 11.9 Å². The van der Waals surface area contributed by atoms with Gasteiger partial charge in [-0.25, -0.2) is 4.39 Å². The van der Waals surface area contributed by atoms with Crippen LogP contribution in [0.25, 0.3) is 5.69 Å². The highest BCUT2D eigenvalue weighted by Crippen LogP contribution is 2.05. The molecule has 0 saturated heterocycles. The van der Waals surface area contributed by atoms with E-state index in [4.69, 9.17) is 0 Å². The number of aromatic nitrogens is 2. The van der Waals surface area contributed by atoms with Crippen molar-refractivity contribution in [2.45, 2.75) is 6.92 Å². The van der Waals surface area contributed by atoms with Gasteiger partial charge in [0.15, 0.2) is 0 Å². The van der Waals surface area contributed by atoms with Crippen LogP contribution in [0.3, 0.4) is 0 Å². The average Bonchev–Trinajstić information content (AvgIpc) is 2.17. The molecule has 2 aromatic rings. The van der Waals surface area contributed by atoms with E-state index in [-0.39, 0.29) is 11.4 Å². The third-order valence-corrected chi connectivity index (χ3v) is 1.99. The van der Waals surface area contributed by atoms with Crippen molar-refractivity contribution in [2.75, 3.05) is 0 Å². The molecular weight excluding hydrogens is 195 g/mol. The van der Waals surface area contributed by atoms with E-state index in [2.05, 4.69) is 5.10 Å². The Morgan fingerprint density at radius 1 is 1.33 bits per heavy atom. The normalized spacial score (nSPS) is 10.3. The van der Waals surface area contributed by atoms with Crippen LogP contribution in [0.5, 0.6) is 0 Å². The van der Waals surface area contributed by atoms with Gasteiger partial charge < -0.3 is 0 Å². The first-order valence-corrected chi connectivity index (χ1v) is 4.49. The van der Waals surface area contributed by atoms with Crippen molar-refractivity contribution in [1.29, 1.82) is 0 Å². The molecule has 4 heteroatoms. The number of hydrogen-bond acceptors (Lipinski definition) is 2. The maximum absolute atomic E-state index is 12.9. The second-order valence-corrected chi connectivity index (χ2v) is 3.26. The van der Waals surface area contributed by atoms with Crippen molar-refractivity contribution in [3.63, 3.8) is 0 Å². The van der Waals surface area contributed by atoms with Crippen molar-refractivity contribution in [2.24, 2.45) is 0 Å². The Morgan fingerprint density at radius 3 is 2.80 bits per heavy atom. The first-order valence-electron chi connectivity index (χ1n) is 4.49. The highest BCUT2D eigenvalue weighted by atomic mass is 19.1. The molecule has 3 nitrogen and oxygen atoms in total. The van der Waals surface area contributed by atoms with Crippen molar-refractivity contribution in [3.8, 4) is 5.69 Å². The molecule has 15 heavy (non-hydrogen) atoms. The summed E-state index contributed by atoms with van der Waals surface area (Å²) in [7, 11) is 0. The van der Waals surface area contributed by atoms with Crippen LogP contribution < -0.4 is 5.56 Å².